The molecule has 0 aromatic rings. The van der Waals surface area contributed by atoms with Gasteiger partial charge >= 0.3 is 60.8 Å². The predicted octanol–water partition coefficient (Wildman–Crippen LogP) is 4.56. The second-order valence-corrected chi connectivity index (χ2v) is 6.99. The van der Waals surface area contributed by atoms with Crippen molar-refractivity contribution in [2.24, 2.45) is 10.8 Å². The third-order valence-electron chi connectivity index (χ3n) is 4.42. The summed E-state index contributed by atoms with van der Waals surface area (Å²) in [5, 5.41) is 18.9. The van der Waals surface area contributed by atoms with Gasteiger partial charge in [-0.15, -0.1) is 0 Å². The van der Waals surface area contributed by atoms with Gasteiger partial charge in [-0.25, -0.2) is 0 Å². The number of carboxylic acid groups (broad SMARTS) is 2. The fraction of sp³-hybridized carbons (Fsp3) is 0.882. The zero-order valence-corrected chi connectivity index (χ0v) is 19.2. The number of carbonyl (C=O) groups is 2. The first kappa shape index (κ1) is 24.8. The van der Waals surface area contributed by atoms with Gasteiger partial charge in [-0.3, -0.25) is 9.59 Å². The molecule has 22 heavy (non-hydrogen) atoms. The van der Waals surface area contributed by atoms with E-state index in [-0.39, 0.29) is 58.2 Å². The number of aliphatic carboxylic acids is 2. The van der Waals surface area contributed by atoms with Crippen molar-refractivity contribution >= 4 is 60.8 Å². The Hall–Kier alpha value is 0.511. The molecule has 0 heterocycles. The zero-order valence-electron chi connectivity index (χ0n) is 16.8. The van der Waals surface area contributed by atoms with Gasteiger partial charge < -0.3 is 13.1 Å². The largest absolute Gasteiger partial charge is 2.00 e. The van der Waals surface area contributed by atoms with E-state index >= 15 is 0 Å². The van der Waals surface area contributed by atoms with Crippen molar-refractivity contribution in [3.8, 4) is 0 Å². The van der Waals surface area contributed by atoms with Crippen LogP contribution in [0.2, 0.25) is 0 Å². The average Bonchev–Trinajstić information content (AvgIpc) is 2.34. The molecule has 5 heteroatoms. The van der Waals surface area contributed by atoms with E-state index in [4.69, 9.17) is 0 Å². The summed E-state index contributed by atoms with van der Waals surface area (Å²) in [4.78, 5) is 23.1. The first-order valence-corrected chi connectivity index (χ1v) is 8.17. The Balaban J connectivity index is -0.000000667. The molecule has 0 aliphatic carbocycles. The van der Waals surface area contributed by atoms with Crippen LogP contribution in [0.3, 0.4) is 0 Å². The Bertz CT molecular complexity index is 330. The fourth-order valence-corrected chi connectivity index (χ4v) is 2.85. The van der Waals surface area contributed by atoms with Gasteiger partial charge in [0.05, 0.1) is 0 Å². The first-order valence-electron chi connectivity index (χ1n) is 8.17. The summed E-state index contributed by atoms with van der Waals surface area (Å²) < 4.78 is 0. The number of carboxylic acids is 2. The Morgan fingerprint density at radius 3 is 1.50 bits per heavy atom. The van der Waals surface area contributed by atoms with Gasteiger partial charge in [-0.05, 0) is 11.8 Å². The summed E-state index contributed by atoms with van der Waals surface area (Å²) in [7, 11) is 0. The van der Waals surface area contributed by atoms with Gasteiger partial charge in [0.2, 0.25) is 0 Å². The molecule has 0 fully saturated rings. The van der Waals surface area contributed by atoms with Crippen molar-refractivity contribution < 1.29 is 22.7 Å². The quantitative estimate of drug-likeness (QED) is 0.281. The second-order valence-electron chi connectivity index (χ2n) is 6.99. The molecule has 0 aromatic heterocycles. The molecule has 2 N–H and O–H groups in total. The fourth-order valence-electron chi connectivity index (χ4n) is 2.85. The molecule has 0 saturated carbocycles. The van der Waals surface area contributed by atoms with Gasteiger partial charge in [-0.2, -0.15) is 0 Å². The molecule has 0 aromatic carbocycles. The molecule has 0 bridgehead atoms. The van der Waals surface area contributed by atoms with E-state index in [1.165, 1.54) is 25.7 Å². The Morgan fingerprint density at radius 2 is 1.18 bits per heavy atom. The maximum atomic E-state index is 11.6. The van der Waals surface area contributed by atoms with E-state index in [9.17, 15) is 19.8 Å². The molecule has 0 amide bonds. The van der Waals surface area contributed by atoms with Gasteiger partial charge in [0.25, 0.3) is 0 Å². The van der Waals surface area contributed by atoms with Gasteiger partial charge in [-0.1, -0.05) is 79.1 Å². The molecule has 0 aliphatic rings. The van der Waals surface area contributed by atoms with E-state index < -0.39 is 22.8 Å². The first-order chi connectivity index (χ1) is 9.70. The molecular formula is C17H34BaO4. The van der Waals surface area contributed by atoms with Crippen LogP contribution < -0.4 is 0 Å². The van der Waals surface area contributed by atoms with Crippen molar-refractivity contribution in [3.63, 3.8) is 0 Å². The number of unbranched alkanes of at least 4 members (excludes halogenated alkanes) is 7. The van der Waals surface area contributed by atoms with Crippen LogP contribution in [0.25, 0.3) is 0 Å². The summed E-state index contributed by atoms with van der Waals surface area (Å²) in [5.74, 6) is -2.43. The topological polar surface area (TPSA) is 74.6 Å². The normalized spacial score (nSPS) is 11.8. The predicted molar refractivity (Wildman–Crippen MR) is 92.4 cm³/mol. The molecule has 0 rings (SSSR count). The van der Waals surface area contributed by atoms with Crippen LogP contribution in [0.4, 0.5) is 0 Å². The van der Waals surface area contributed by atoms with Crippen molar-refractivity contribution in [3.05, 3.63) is 0 Å². The minimum Gasteiger partial charge on any atom is -1.00 e. The Morgan fingerprint density at radius 1 is 0.818 bits per heavy atom. The van der Waals surface area contributed by atoms with E-state index in [1.54, 1.807) is 20.8 Å². The minimum atomic E-state index is -1.69. The maximum absolute atomic E-state index is 11.6. The molecule has 0 aliphatic heterocycles. The maximum Gasteiger partial charge on any atom is 2.00 e. The molecule has 4 nitrogen and oxygen atoms in total. The van der Waals surface area contributed by atoms with Crippen LogP contribution >= 0.6 is 0 Å². The second kappa shape index (κ2) is 12.0. The van der Waals surface area contributed by atoms with Crippen LogP contribution in [0.5, 0.6) is 0 Å². The van der Waals surface area contributed by atoms with Crippen LogP contribution in [-0.2, 0) is 9.59 Å². The zero-order chi connectivity index (χ0) is 16.5. The van der Waals surface area contributed by atoms with Gasteiger partial charge in [0, 0.05) is 0 Å². The van der Waals surface area contributed by atoms with Crippen molar-refractivity contribution in [2.45, 2.75) is 85.5 Å². The molecule has 0 unspecified atom stereocenters. The summed E-state index contributed by atoms with van der Waals surface area (Å²) in [6, 6.07) is 0. The molecule has 128 valence electrons. The van der Waals surface area contributed by atoms with E-state index in [1.807, 2.05) is 0 Å². The molecule has 0 saturated heterocycles. The number of rotatable bonds is 11. The van der Waals surface area contributed by atoms with E-state index in [2.05, 4.69) is 6.92 Å². The van der Waals surface area contributed by atoms with Crippen molar-refractivity contribution in [2.75, 3.05) is 0 Å². The minimum absolute atomic E-state index is 0. The SMILES string of the molecule is CCCCCCCCCCC(C(=O)O)(C(=O)O)C(C)(C)C.[Ba+2].[H-].[H-]. The Labute approximate surface area is 178 Å². The summed E-state index contributed by atoms with van der Waals surface area (Å²) >= 11 is 0. The average molecular weight is 440 g/mol. The number of hydrogen-bond acceptors (Lipinski definition) is 2. The monoisotopic (exact) mass is 440 g/mol. The molecule has 0 spiro atoms. The smallest absolute Gasteiger partial charge is 1.00 e. The molecule has 0 atom stereocenters. The third-order valence-corrected chi connectivity index (χ3v) is 4.42. The van der Waals surface area contributed by atoms with Crippen molar-refractivity contribution in [1.82, 2.24) is 0 Å². The van der Waals surface area contributed by atoms with E-state index in [0.29, 0.717) is 6.42 Å². The van der Waals surface area contributed by atoms with E-state index in [0.717, 1.165) is 19.3 Å². The van der Waals surface area contributed by atoms with Crippen LogP contribution in [0, 0.1) is 10.8 Å². The van der Waals surface area contributed by atoms with Gasteiger partial charge in [0.15, 0.2) is 5.41 Å². The summed E-state index contributed by atoms with van der Waals surface area (Å²) in [6.45, 7) is 7.27. The van der Waals surface area contributed by atoms with Crippen molar-refractivity contribution in [1.29, 1.82) is 0 Å². The third kappa shape index (κ3) is 7.39. The summed E-state index contributed by atoms with van der Waals surface area (Å²) in [5.41, 5.74) is -2.49. The standard InChI is InChI=1S/C17H32O4.Ba.2H/c1-5-6-7-8-9-10-11-12-13-17(14(18)19,15(20)21)16(2,3)4;;;/h5-13H2,1-4H3,(H,18,19)(H,20,21);;;/q;+2;2*-1. The summed E-state index contributed by atoms with van der Waals surface area (Å²) in [6.07, 6.45) is 8.95. The van der Waals surface area contributed by atoms with Crippen LogP contribution in [0.1, 0.15) is 88.3 Å². The molecular weight excluding hydrogens is 406 g/mol. The number of hydrogen-bond donors (Lipinski definition) is 2. The Kier molecular flexibility index (Phi) is 13.5. The van der Waals surface area contributed by atoms with Crippen LogP contribution in [-0.4, -0.2) is 71.0 Å². The van der Waals surface area contributed by atoms with Gasteiger partial charge in [0.1, 0.15) is 0 Å². The van der Waals surface area contributed by atoms with Crippen LogP contribution in [0.15, 0.2) is 0 Å². The molecule has 0 radical (unpaired) electrons.